The average molecular weight is 263 g/mol. The van der Waals surface area contributed by atoms with Gasteiger partial charge in [-0.15, -0.1) is 5.75 Å². The summed E-state index contributed by atoms with van der Waals surface area (Å²) in [5.41, 5.74) is 0.864. The molecule has 5 heteroatoms. The van der Waals surface area contributed by atoms with Crippen LogP contribution >= 0.6 is 0 Å². The maximum atomic E-state index is 12.2. The number of hydrogen-bond acceptors (Lipinski definition) is 3. The zero-order chi connectivity index (χ0) is 12.9. The molecule has 1 aliphatic rings. The Morgan fingerprint density at radius 3 is 2.32 bits per heavy atom. The molecular weight excluding hydrogens is 253 g/mol. The van der Waals surface area contributed by atoms with Crippen molar-refractivity contribution in [2.24, 2.45) is 0 Å². The van der Waals surface area contributed by atoms with Gasteiger partial charge in [0.05, 0.1) is 0 Å². The van der Waals surface area contributed by atoms with E-state index in [0.29, 0.717) is 28.4 Å². The summed E-state index contributed by atoms with van der Waals surface area (Å²) in [6.45, 7) is 2.08. The second-order valence-corrected chi connectivity index (χ2v) is 4.19. The molecular formula is C14H10NNaO3. The molecule has 0 bridgehead atoms. The van der Waals surface area contributed by atoms with Crippen LogP contribution in [-0.4, -0.2) is 23.3 Å². The SMILES string of the molecule is CCN1C(=O)c2cccc3c([O-])ccc(c23)C1=O.[Na+]. The predicted octanol–water partition coefficient (Wildman–Crippen LogP) is -1.47. The molecule has 0 saturated carbocycles. The van der Waals surface area contributed by atoms with Crippen molar-refractivity contribution in [2.75, 3.05) is 6.54 Å². The number of rotatable bonds is 1. The van der Waals surface area contributed by atoms with Gasteiger partial charge in [0.1, 0.15) is 0 Å². The van der Waals surface area contributed by atoms with E-state index in [1.54, 1.807) is 25.1 Å². The molecule has 19 heavy (non-hydrogen) atoms. The van der Waals surface area contributed by atoms with E-state index in [4.69, 9.17) is 0 Å². The predicted molar refractivity (Wildman–Crippen MR) is 64.4 cm³/mol. The summed E-state index contributed by atoms with van der Waals surface area (Å²) in [7, 11) is 0. The number of imide groups is 1. The summed E-state index contributed by atoms with van der Waals surface area (Å²) < 4.78 is 0. The minimum atomic E-state index is -0.328. The fourth-order valence-electron chi connectivity index (χ4n) is 2.41. The Labute approximate surface area is 132 Å². The topological polar surface area (TPSA) is 60.4 Å². The van der Waals surface area contributed by atoms with Crippen molar-refractivity contribution >= 4 is 22.6 Å². The molecule has 0 aliphatic carbocycles. The molecule has 0 saturated heterocycles. The maximum Gasteiger partial charge on any atom is 1.00 e. The Balaban J connectivity index is 0.00000133. The van der Waals surface area contributed by atoms with Crippen molar-refractivity contribution in [1.29, 1.82) is 0 Å². The second kappa shape index (κ2) is 4.96. The number of nitrogens with zero attached hydrogens (tertiary/aromatic N) is 1. The van der Waals surface area contributed by atoms with E-state index in [1.165, 1.54) is 17.0 Å². The van der Waals surface area contributed by atoms with E-state index in [0.717, 1.165) is 0 Å². The molecule has 0 atom stereocenters. The summed E-state index contributed by atoms with van der Waals surface area (Å²) >= 11 is 0. The molecule has 0 spiro atoms. The fraction of sp³-hybridized carbons (Fsp3) is 0.143. The number of benzene rings is 2. The number of carbonyl (C=O) groups is 2. The minimum Gasteiger partial charge on any atom is -0.872 e. The first-order chi connectivity index (χ1) is 8.65. The van der Waals surface area contributed by atoms with Crippen LogP contribution < -0.4 is 34.7 Å². The second-order valence-electron chi connectivity index (χ2n) is 4.19. The first-order valence-electron chi connectivity index (χ1n) is 5.74. The summed E-state index contributed by atoms with van der Waals surface area (Å²) in [5, 5.41) is 12.7. The number of hydrogen-bond donors (Lipinski definition) is 0. The van der Waals surface area contributed by atoms with Crippen LogP contribution in [0.2, 0.25) is 0 Å². The van der Waals surface area contributed by atoms with Gasteiger partial charge >= 0.3 is 29.6 Å². The largest absolute Gasteiger partial charge is 1.00 e. The van der Waals surface area contributed by atoms with Gasteiger partial charge in [0.2, 0.25) is 0 Å². The van der Waals surface area contributed by atoms with Crippen LogP contribution in [0.1, 0.15) is 27.6 Å². The summed E-state index contributed by atoms with van der Waals surface area (Å²) in [4.78, 5) is 25.5. The summed E-state index contributed by atoms with van der Waals surface area (Å²) in [5.74, 6) is -0.821. The molecule has 0 N–H and O–H groups in total. The standard InChI is InChI=1S/C14H11NO3.Na/c1-2-15-13(17)9-5-3-4-8-11(16)7-6-10(12(8)9)14(15)18;/h3-7,16H,2H2,1H3;/q;+1/p-1. The van der Waals surface area contributed by atoms with Gasteiger partial charge in [0.15, 0.2) is 0 Å². The average Bonchev–Trinajstić information content (AvgIpc) is 2.38. The minimum absolute atomic E-state index is 0. The van der Waals surface area contributed by atoms with Gasteiger partial charge in [-0.1, -0.05) is 18.2 Å². The Morgan fingerprint density at radius 2 is 1.68 bits per heavy atom. The molecule has 0 unspecified atom stereocenters. The van der Waals surface area contributed by atoms with E-state index in [9.17, 15) is 14.7 Å². The quantitative estimate of drug-likeness (QED) is 0.466. The number of amides is 2. The van der Waals surface area contributed by atoms with Crippen LogP contribution in [0.4, 0.5) is 0 Å². The monoisotopic (exact) mass is 263 g/mol. The molecule has 4 nitrogen and oxygen atoms in total. The zero-order valence-electron chi connectivity index (χ0n) is 10.8. The molecule has 0 radical (unpaired) electrons. The third kappa shape index (κ3) is 1.87. The van der Waals surface area contributed by atoms with Crippen LogP contribution in [0.25, 0.3) is 10.8 Å². The normalized spacial score (nSPS) is 13.6. The van der Waals surface area contributed by atoms with Crippen molar-refractivity contribution in [1.82, 2.24) is 4.90 Å². The molecule has 1 aliphatic heterocycles. The van der Waals surface area contributed by atoms with Crippen molar-refractivity contribution in [3.63, 3.8) is 0 Å². The van der Waals surface area contributed by atoms with Crippen LogP contribution in [0.15, 0.2) is 30.3 Å². The summed E-state index contributed by atoms with van der Waals surface area (Å²) in [6, 6.07) is 7.86. The summed E-state index contributed by atoms with van der Waals surface area (Å²) in [6.07, 6.45) is 0. The van der Waals surface area contributed by atoms with Crippen LogP contribution in [0.3, 0.4) is 0 Å². The Hall–Kier alpha value is -1.36. The van der Waals surface area contributed by atoms with Crippen molar-refractivity contribution < 1.29 is 44.3 Å². The molecule has 3 rings (SSSR count). The van der Waals surface area contributed by atoms with E-state index in [2.05, 4.69) is 0 Å². The fourth-order valence-corrected chi connectivity index (χ4v) is 2.41. The van der Waals surface area contributed by atoms with Gasteiger partial charge in [-0.3, -0.25) is 14.5 Å². The first kappa shape index (κ1) is 14.1. The maximum absolute atomic E-state index is 12.2. The van der Waals surface area contributed by atoms with Gasteiger partial charge in [-0.05, 0) is 24.4 Å². The van der Waals surface area contributed by atoms with Gasteiger partial charge in [-0.2, -0.15) is 0 Å². The van der Waals surface area contributed by atoms with Crippen LogP contribution in [0.5, 0.6) is 5.75 Å². The van der Waals surface area contributed by atoms with Gasteiger partial charge in [0.25, 0.3) is 11.8 Å². The van der Waals surface area contributed by atoms with E-state index >= 15 is 0 Å². The van der Waals surface area contributed by atoms with Gasteiger partial charge in [0, 0.05) is 23.1 Å². The van der Waals surface area contributed by atoms with E-state index in [-0.39, 0.29) is 47.1 Å². The molecule has 2 aromatic rings. The van der Waals surface area contributed by atoms with Crippen molar-refractivity contribution in [3.8, 4) is 5.75 Å². The molecule has 0 fully saturated rings. The Bertz CT molecular complexity index is 674. The first-order valence-corrected chi connectivity index (χ1v) is 5.74. The van der Waals surface area contributed by atoms with E-state index < -0.39 is 0 Å². The van der Waals surface area contributed by atoms with Crippen LogP contribution in [-0.2, 0) is 0 Å². The molecule has 0 aromatic heterocycles. The van der Waals surface area contributed by atoms with Gasteiger partial charge in [-0.25, -0.2) is 0 Å². The van der Waals surface area contributed by atoms with Crippen LogP contribution in [0, 0.1) is 0 Å². The molecule has 90 valence electrons. The zero-order valence-corrected chi connectivity index (χ0v) is 12.8. The smallest absolute Gasteiger partial charge is 0.872 e. The Morgan fingerprint density at radius 1 is 1.05 bits per heavy atom. The number of carbonyl (C=O) groups excluding carboxylic acids is 2. The van der Waals surface area contributed by atoms with Crippen molar-refractivity contribution in [2.45, 2.75) is 6.92 Å². The molecule has 2 amide bonds. The van der Waals surface area contributed by atoms with Crippen molar-refractivity contribution in [3.05, 3.63) is 41.5 Å². The molecule has 2 aromatic carbocycles. The third-order valence-corrected chi connectivity index (χ3v) is 3.27. The Kier molecular flexibility index (Phi) is 3.67. The van der Waals surface area contributed by atoms with Gasteiger partial charge < -0.3 is 5.11 Å². The van der Waals surface area contributed by atoms with E-state index in [1.807, 2.05) is 0 Å². The molecule has 1 heterocycles. The third-order valence-electron chi connectivity index (χ3n) is 3.27.